The molecule has 1 aliphatic rings. The van der Waals surface area contributed by atoms with Gasteiger partial charge < -0.3 is 10.1 Å². The Hall–Kier alpha value is -2.14. The molecule has 1 atom stereocenters. The Morgan fingerprint density at radius 1 is 1.50 bits per heavy atom. The van der Waals surface area contributed by atoms with Crippen molar-refractivity contribution < 1.29 is 9.53 Å². The van der Waals surface area contributed by atoms with E-state index in [4.69, 9.17) is 4.74 Å². The van der Waals surface area contributed by atoms with Gasteiger partial charge in [0.25, 0.3) is 0 Å². The van der Waals surface area contributed by atoms with Gasteiger partial charge in [-0.05, 0) is 56.4 Å². The minimum absolute atomic E-state index is 0.0429. The summed E-state index contributed by atoms with van der Waals surface area (Å²) in [6, 6.07) is 7.97. The summed E-state index contributed by atoms with van der Waals surface area (Å²) in [7, 11) is 0. The fourth-order valence-corrected chi connectivity index (χ4v) is 3.10. The molecule has 1 aromatic carbocycles. The number of hydrogen-bond acceptors (Lipinski definition) is 4. The monoisotopic (exact) mass is 342 g/mol. The van der Waals surface area contributed by atoms with Crippen LogP contribution in [0, 0.1) is 12.8 Å². The van der Waals surface area contributed by atoms with Crippen molar-refractivity contribution in [1.82, 2.24) is 10.3 Å². The van der Waals surface area contributed by atoms with Gasteiger partial charge >= 0.3 is 0 Å². The molecule has 2 aromatic rings. The third-order valence-corrected chi connectivity index (χ3v) is 4.86. The van der Waals surface area contributed by atoms with Crippen LogP contribution in [0.3, 0.4) is 0 Å². The third-order valence-electron chi connectivity index (χ3n) is 4.04. The molecule has 1 unspecified atom stereocenters. The molecule has 1 N–H and O–H groups in total. The predicted octanol–water partition coefficient (Wildman–Crippen LogP) is 3.96. The second kappa shape index (κ2) is 7.62. The van der Waals surface area contributed by atoms with Crippen LogP contribution in [0.15, 0.2) is 35.7 Å². The number of nitrogens with zero attached hydrogens (tertiary/aromatic N) is 1. The van der Waals surface area contributed by atoms with E-state index in [1.807, 2.05) is 42.6 Å². The van der Waals surface area contributed by atoms with E-state index in [9.17, 15) is 4.79 Å². The van der Waals surface area contributed by atoms with Gasteiger partial charge in [0.2, 0.25) is 5.91 Å². The smallest absolute Gasteiger partial charge is 0.244 e. The van der Waals surface area contributed by atoms with Gasteiger partial charge in [0.15, 0.2) is 0 Å². The number of hydrogen-bond donors (Lipinski definition) is 1. The molecule has 0 bridgehead atoms. The second-order valence-corrected chi connectivity index (χ2v) is 7.25. The maximum Gasteiger partial charge on any atom is 0.244 e. The lowest BCUT2D eigenvalue weighted by Crippen LogP contribution is -2.32. The maximum absolute atomic E-state index is 11.9. The van der Waals surface area contributed by atoms with Gasteiger partial charge in [0.05, 0.1) is 10.7 Å². The highest BCUT2D eigenvalue weighted by molar-refractivity contribution is 7.09. The van der Waals surface area contributed by atoms with Gasteiger partial charge in [-0.25, -0.2) is 4.98 Å². The van der Waals surface area contributed by atoms with E-state index < -0.39 is 0 Å². The van der Waals surface area contributed by atoms with Gasteiger partial charge in [0.1, 0.15) is 12.4 Å². The SMILES string of the molecule is Cc1nc(COc2cccc(/C=C/C(=O)NC(C)C3CC3)c2)cs1. The Morgan fingerprint density at radius 2 is 2.33 bits per heavy atom. The average molecular weight is 342 g/mol. The Morgan fingerprint density at radius 3 is 3.04 bits per heavy atom. The molecule has 3 rings (SSSR count). The fourth-order valence-electron chi connectivity index (χ4n) is 2.50. The summed E-state index contributed by atoms with van der Waals surface area (Å²) in [5, 5.41) is 6.05. The lowest BCUT2D eigenvalue weighted by Gasteiger charge is -2.10. The molecule has 1 amide bonds. The zero-order chi connectivity index (χ0) is 16.9. The minimum atomic E-state index is -0.0429. The van der Waals surface area contributed by atoms with Crippen molar-refractivity contribution in [3.63, 3.8) is 0 Å². The molecular formula is C19H22N2O2S. The number of nitrogens with one attached hydrogen (secondary N) is 1. The molecule has 1 fully saturated rings. The maximum atomic E-state index is 11.9. The molecule has 0 spiro atoms. The van der Waals surface area contributed by atoms with Gasteiger partial charge in [-0.3, -0.25) is 4.79 Å². The van der Waals surface area contributed by atoms with Crippen molar-refractivity contribution in [1.29, 1.82) is 0 Å². The van der Waals surface area contributed by atoms with Crippen LogP contribution in [0.25, 0.3) is 6.08 Å². The highest BCUT2D eigenvalue weighted by atomic mass is 32.1. The Balaban J connectivity index is 1.54. The van der Waals surface area contributed by atoms with E-state index in [2.05, 4.69) is 17.2 Å². The zero-order valence-electron chi connectivity index (χ0n) is 14.0. The first-order chi connectivity index (χ1) is 11.6. The largest absolute Gasteiger partial charge is 0.487 e. The van der Waals surface area contributed by atoms with Crippen LogP contribution in [0.5, 0.6) is 5.75 Å². The van der Waals surface area contributed by atoms with Crippen molar-refractivity contribution in [3.05, 3.63) is 52.0 Å². The van der Waals surface area contributed by atoms with Gasteiger partial charge in [-0.15, -0.1) is 11.3 Å². The lowest BCUT2D eigenvalue weighted by molar-refractivity contribution is -0.117. The molecule has 1 heterocycles. The number of ether oxygens (including phenoxy) is 1. The summed E-state index contributed by atoms with van der Waals surface area (Å²) in [4.78, 5) is 16.3. The highest BCUT2D eigenvalue weighted by Gasteiger charge is 2.28. The van der Waals surface area contributed by atoms with Crippen LogP contribution in [-0.2, 0) is 11.4 Å². The van der Waals surface area contributed by atoms with E-state index in [1.54, 1.807) is 17.4 Å². The van der Waals surface area contributed by atoms with E-state index in [1.165, 1.54) is 12.8 Å². The van der Waals surface area contributed by atoms with Crippen LogP contribution < -0.4 is 10.1 Å². The molecule has 0 aliphatic heterocycles. The van der Waals surface area contributed by atoms with Crippen molar-refractivity contribution in [2.24, 2.45) is 5.92 Å². The summed E-state index contributed by atoms with van der Waals surface area (Å²) >= 11 is 1.62. The Kier molecular flexibility index (Phi) is 5.30. The van der Waals surface area contributed by atoms with Gasteiger partial charge in [-0.2, -0.15) is 0 Å². The van der Waals surface area contributed by atoms with Crippen LogP contribution in [0.1, 0.15) is 36.0 Å². The number of aryl methyl sites for hydroxylation is 1. The van der Waals surface area contributed by atoms with E-state index in [-0.39, 0.29) is 11.9 Å². The van der Waals surface area contributed by atoms with E-state index in [0.717, 1.165) is 22.0 Å². The fraction of sp³-hybridized carbons (Fsp3) is 0.368. The van der Waals surface area contributed by atoms with Crippen LogP contribution in [-0.4, -0.2) is 16.9 Å². The summed E-state index contributed by atoms with van der Waals surface area (Å²) < 4.78 is 5.77. The molecule has 0 saturated heterocycles. The standard InChI is InChI=1S/C19H22N2O2S/c1-13(16-7-8-16)20-19(22)9-6-15-4-3-5-18(10-15)23-11-17-12-24-14(2)21-17/h3-6,9-10,12-13,16H,7-8,11H2,1-2H3,(H,20,22)/b9-6+. The normalized spacial score (nSPS) is 15.4. The Bertz CT molecular complexity index is 734. The van der Waals surface area contributed by atoms with Crippen molar-refractivity contribution in [2.75, 3.05) is 0 Å². The van der Waals surface area contributed by atoms with E-state index >= 15 is 0 Å². The highest BCUT2D eigenvalue weighted by Crippen LogP contribution is 2.32. The molecule has 1 saturated carbocycles. The Labute approximate surface area is 146 Å². The predicted molar refractivity (Wildman–Crippen MR) is 97.0 cm³/mol. The summed E-state index contributed by atoms with van der Waals surface area (Å²) in [5.41, 5.74) is 1.88. The first-order valence-electron chi connectivity index (χ1n) is 8.22. The minimum Gasteiger partial charge on any atom is -0.487 e. The summed E-state index contributed by atoms with van der Waals surface area (Å²) in [5.74, 6) is 1.39. The van der Waals surface area contributed by atoms with Crippen molar-refractivity contribution >= 4 is 23.3 Å². The number of aromatic nitrogens is 1. The summed E-state index contributed by atoms with van der Waals surface area (Å²) in [6.45, 7) is 4.50. The average Bonchev–Trinajstić information content (AvgIpc) is 3.34. The second-order valence-electron chi connectivity index (χ2n) is 6.19. The molecule has 0 radical (unpaired) electrons. The number of carbonyl (C=O) groups is 1. The molecule has 24 heavy (non-hydrogen) atoms. The van der Waals surface area contributed by atoms with Crippen molar-refractivity contribution in [3.8, 4) is 5.75 Å². The quantitative estimate of drug-likeness (QED) is 0.775. The number of rotatable bonds is 7. The first kappa shape index (κ1) is 16.7. The molecule has 1 aliphatic carbocycles. The summed E-state index contributed by atoms with van der Waals surface area (Å²) in [6.07, 6.45) is 5.85. The topological polar surface area (TPSA) is 51.2 Å². The van der Waals surface area contributed by atoms with Crippen molar-refractivity contribution in [2.45, 2.75) is 39.3 Å². The number of benzene rings is 1. The number of amides is 1. The zero-order valence-corrected chi connectivity index (χ0v) is 14.8. The van der Waals surface area contributed by atoms with Crippen LogP contribution in [0.2, 0.25) is 0 Å². The molecular weight excluding hydrogens is 320 g/mol. The lowest BCUT2D eigenvalue weighted by atomic mass is 10.2. The van der Waals surface area contributed by atoms with Gasteiger partial charge in [-0.1, -0.05) is 12.1 Å². The first-order valence-corrected chi connectivity index (χ1v) is 9.10. The number of thiazole rings is 1. The molecule has 5 heteroatoms. The van der Waals surface area contributed by atoms with E-state index in [0.29, 0.717) is 12.5 Å². The van der Waals surface area contributed by atoms with Crippen LogP contribution in [0.4, 0.5) is 0 Å². The molecule has 1 aromatic heterocycles. The third kappa shape index (κ3) is 4.93. The molecule has 126 valence electrons. The van der Waals surface area contributed by atoms with Crippen LogP contribution >= 0.6 is 11.3 Å². The number of carbonyl (C=O) groups excluding carboxylic acids is 1. The molecule has 4 nitrogen and oxygen atoms in total. The van der Waals surface area contributed by atoms with Gasteiger partial charge in [0, 0.05) is 17.5 Å².